The summed E-state index contributed by atoms with van der Waals surface area (Å²) < 4.78 is 12.8. The Balaban J connectivity index is 0.00000320. The molecule has 0 fully saturated rings. The number of benzene rings is 2. The van der Waals surface area contributed by atoms with E-state index < -0.39 is 0 Å². The van der Waals surface area contributed by atoms with Crippen LogP contribution in [0, 0.1) is 13.8 Å². The molecule has 0 unspecified atom stereocenters. The first-order valence-electron chi connectivity index (χ1n) is 9.46. The van der Waals surface area contributed by atoms with E-state index in [0.717, 1.165) is 39.6 Å². The van der Waals surface area contributed by atoms with Crippen LogP contribution < -0.4 is 14.3 Å². The van der Waals surface area contributed by atoms with Crippen molar-refractivity contribution in [3.05, 3.63) is 69.0 Å². The number of halogens is 1. The summed E-state index contributed by atoms with van der Waals surface area (Å²) in [5, 5.41) is 0. The highest BCUT2D eigenvalue weighted by atomic mass is 35.5. The van der Waals surface area contributed by atoms with Crippen LogP contribution in [0.15, 0.2) is 47.5 Å². The van der Waals surface area contributed by atoms with Crippen molar-refractivity contribution in [1.29, 1.82) is 0 Å². The van der Waals surface area contributed by atoms with Gasteiger partial charge in [0.15, 0.2) is 22.1 Å². The van der Waals surface area contributed by atoms with Crippen LogP contribution in [-0.4, -0.2) is 24.6 Å². The Morgan fingerprint density at radius 1 is 1.03 bits per heavy atom. The van der Waals surface area contributed by atoms with Gasteiger partial charge in [0.05, 0.1) is 24.8 Å². The van der Waals surface area contributed by atoms with Gasteiger partial charge in [-0.3, -0.25) is 4.79 Å². The third kappa shape index (κ3) is 5.32. The maximum absolute atomic E-state index is 12.1. The average molecular weight is 447 g/mol. The SMILES string of the molecule is COc1ccc(CCn2c(C)c(C(C)=O)sc2=Nc2ccc(C)cc2)cc1OC.Cl. The molecule has 1 heterocycles. The first-order valence-corrected chi connectivity index (χ1v) is 10.3. The number of hydrogen-bond donors (Lipinski definition) is 0. The van der Waals surface area contributed by atoms with Crippen molar-refractivity contribution in [2.24, 2.45) is 4.99 Å². The molecule has 0 atom stereocenters. The molecule has 0 radical (unpaired) electrons. The van der Waals surface area contributed by atoms with Gasteiger partial charge in [0.1, 0.15) is 0 Å². The number of ether oxygens (including phenoxy) is 2. The molecule has 30 heavy (non-hydrogen) atoms. The minimum absolute atomic E-state index is 0. The van der Waals surface area contributed by atoms with Crippen LogP contribution in [0.5, 0.6) is 11.5 Å². The number of carbonyl (C=O) groups excluding carboxylic acids is 1. The summed E-state index contributed by atoms with van der Waals surface area (Å²) in [4.78, 5) is 18.5. The molecule has 0 saturated heterocycles. The van der Waals surface area contributed by atoms with Crippen molar-refractivity contribution < 1.29 is 14.3 Å². The number of carbonyl (C=O) groups is 1. The maximum atomic E-state index is 12.1. The highest BCUT2D eigenvalue weighted by Gasteiger charge is 2.14. The minimum Gasteiger partial charge on any atom is -0.493 e. The van der Waals surface area contributed by atoms with E-state index in [9.17, 15) is 4.79 Å². The van der Waals surface area contributed by atoms with Gasteiger partial charge in [-0.2, -0.15) is 0 Å². The van der Waals surface area contributed by atoms with E-state index in [0.29, 0.717) is 11.5 Å². The second kappa shape index (κ2) is 10.5. The Labute approximate surface area is 187 Å². The van der Waals surface area contributed by atoms with Crippen molar-refractivity contribution in [3.8, 4) is 11.5 Å². The van der Waals surface area contributed by atoms with Crippen LogP contribution in [0.1, 0.15) is 33.4 Å². The Bertz CT molecular complexity index is 1080. The number of Topliss-reactive ketones (excluding diaryl/α,β-unsaturated/α-hetero) is 1. The van der Waals surface area contributed by atoms with E-state index in [-0.39, 0.29) is 18.2 Å². The van der Waals surface area contributed by atoms with Gasteiger partial charge in [-0.05, 0) is 50.1 Å². The van der Waals surface area contributed by atoms with Gasteiger partial charge >= 0.3 is 0 Å². The summed E-state index contributed by atoms with van der Waals surface area (Å²) >= 11 is 1.44. The van der Waals surface area contributed by atoms with Crippen LogP contribution in [0.3, 0.4) is 0 Å². The molecule has 0 spiro atoms. The molecular weight excluding hydrogens is 420 g/mol. The highest BCUT2D eigenvalue weighted by molar-refractivity contribution is 7.11. The fraction of sp³-hybridized carbons (Fsp3) is 0.304. The fourth-order valence-electron chi connectivity index (χ4n) is 3.17. The number of aromatic nitrogens is 1. The lowest BCUT2D eigenvalue weighted by Gasteiger charge is -2.11. The highest BCUT2D eigenvalue weighted by Crippen LogP contribution is 2.28. The summed E-state index contributed by atoms with van der Waals surface area (Å²) in [5.41, 5.74) is 4.16. The van der Waals surface area contributed by atoms with E-state index in [2.05, 4.69) is 11.5 Å². The quantitative estimate of drug-likeness (QED) is 0.464. The standard InChI is InChI=1S/C23H26N2O3S.ClH/c1-15-6-9-19(10-7-15)24-23-25(16(2)22(29-23)17(3)26)13-12-18-8-11-20(27-4)21(14-18)28-5;/h6-11,14H,12-13H2,1-5H3;1H. The van der Waals surface area contributed by atoms with E-state index >= 15 is 0 Å². The molecule has 0 saturated carbocycles. The summed E-state index contributed by atoms with van der Waals surface area (Å²) in [6, 6.07) is 14.0. The van der Waals surface area contributed by atoms with Crippen molar-refractivity contribution >= 4 is 35.2 Å². The first-order chi connectivity index (χ1) is 13.9. The van der Waals surface area contributed by atoms with Gasteiger partial charge in [0.2, 0.25) is 0 Å². The van der Waals surface area contributed by atoms with E-state index in [1.807, 2.05) is 49.4 Å². The summed E-state index contributed by atoms with van der Waals surface area (Å²) in [6.07, 6.45) is 0.788. The molecule has 0 aliphatic carbocycles. The molecule has 1 aromatic heterocycles. The monoisotopic (exact) mass is 446 g/mol. The normalized spacial score (nSPS) is 11.2. The molecule has 0 bridgehead atoms. The van der Waals surface area contributed by atoms with Gasteiger partial charge in [-0.25, -0.2) is 4.99 Å². The van der Waals surface area contributed by atoms with Gasteiger partial charge in [-0.1, -0.05) is 35.1 Å². The van der Waals surface area contributed by atoms with Crippen molar-refractivity contribution in [1.82, 2.24) is 4.57 Å². The molecule has 3 rings (SSSR count). The Hall–Kier alpha value is -2.57. The smallest absolute Gasteiger partial charge is 0.190 e. The number of thiazole rings is 1. The number of aryl methyl sites for hydroxylation is 2. The third-order valence-corrected chi connectivity index (χ3v) is 6.09. The number of rotatable bonds is 7. The topological polar surface area (TPSA) is 52.8 Å². The second-order valence-electron chi connectivity index (χ2n) is 6.89. The maximum Gasteiger partial charge on any atom is 0.190 e. The number of nitrogens with zero attached hydrogens (tertiary/aromatic N) is 2. The molecule has 0 amide bonds. The Kier molecular flexibility index (Phi) is 8.26. The van der Waals surface area contributed by atoms with Crippen LogP contribution >= 0.6 is 23.7 Å². The van der Waals surface area contributed by atoms with Gasteiger partial charge < -0.3 is 14.0 Å². The van der Waals surface area contributed by atoms with Crippen molar-refractivity contribution in [2.45, 2.75) is 33.7 Å². The number of hydrogen-bond acceptors (Lipinski definition) is 5. The summed E-state index contributed by atoms with van der Waals surface area (Å²) in [5.74, 6) is 1.49. The van der Waals surface area contributed by atoms with Crippen LogP contribution in [-0.2, 0) is 13.0 Å². The lowest BCUT2D eigenvalue weighted by molar-refractivity contribution is 0.102. The second-order valence-corrected chi connectivity index (χ2v) is 7.87. The third-order valence-electron chi connectivity index (χ3n) is 4.81. The molecule has 2 aromatic carbocycles. The van der Waals surface area contributed by atoms with E-state index in [1.54, 1.807) is 21.1 Å². The summed E-state index contributed by atoms with van der Waals surface area (Å²) in [6.45, 7) is 6.36. The van der Waals surface area contributed by atoms with Crippen LogP contribution in [0.4, 0.5) is 5.69 Å². The van der Waals surface area contributed by atoms with Gasteiger partial charge in [0, 0.05) is 19.2 Å². The summed E-state index contributed by atoms with van der Waals surface area (Å²) in [7, 11) is 3.27. The van der Waals surface area contributed by atoms with E-state index in [1.165, 1.54) is 16.9 Å². The number of methoxy groups -OCH3 is 2. The lowest BCUT2D eigenvalue weighted by atomic mass is 10.1. The lowest BCUT2D eigenvalue weighted by Crippen LogP contribution is -2.17. The molecule has 3 aromatic rings. The largest absolute Gasteiger partial charge is 0.493 e. The van der Waals surface area contributed by atoms with Crippen molar-refractivity contribution in [3.63, 3.8) is 0 Å². The van der Waals surface area contributed by atoms with Gasteiger partial charge in [-0.15, -0.1) is 12.4 Å². The Morgan fingerprint density at radius 2 is 1.70 bits per heavy atom. The van der Waals surface area contributed by atoms with E-state index in [4.69, 9.17) is 14.5 Å². The first kappa shape index (κ1) is 23.7. The molecule has 0 N–H and O–H groups in total. The molecular formula is C23H27ClN2O3S. The predicted molar refractivity (Wildman–Crippen MR) is 124 cm³/mol. The zero-order chi connectivity index (χ0) is 21.0. The fourth-order valence-corrected chi connectivity index (χ4v) is 4.24. The zero-order valence-electron chi connectivity index (χ0n) is 17.9. The van der Waals surface area contributed by atoms with Gasteiger partial charge in [0.25, 0.3) is 0 Å². The average Bonchev–Trinajstić information content (AvgIpc) is 3.03. The minimum atomic E-state index is 0. The molecule has 7 heteroatoms. The van der Waals surface area contributed by atoms with Crippen molar-refractivity contribution in [2.75, 3.05) is 14.2 Å². The molecule has 5 nitrogen and oxygen atoms in total. The van der Waals surface area contributed by atoms with Crippen LogP contribution in [0.2, 0.25) is 0 Å². The number of ketones is 1. The zero-order valence-corrected chi connectivity index (χ0v) is 19.5. The molecule has 160 valence electrons. The van der Waals surface area contributed by atoms with Crippen LogP contribution in [0.25, 0.3) is 0 Å². The molecule has 0 aliphatic rings. The Morgan fingerprint density at radius 3 is 2.30 bits per heavy atom. The predicted octanol–water partition coefficient (Wildman–Crippen LogP) is 5.28. The molecule has 0 aliphatic heterocycles.